The second-order valence-corrected chi connectivity index (χ2v) is 5.31. The van der Waals surface area contributed by atoms with Crippen LogP contribution in [0.1, 0.15) is 28.4 Å². The quantitative estimate of drug-likeness (QED) is 0.639. The number of hydrogen-bond acceptors (Lipinski definition) is 3. The van der Waals surface area contributed by atoms with Crippen LogP contribution >= 0.6 is 11.6 Å². The SMILES string of the molecule is C/C(=N\NC(=O)c1ccc(C(F)(F)F)cc1)c1cc(Cl)ccc1O. The fourth-order valence-electron chi connectivity index (χ4n) is 1.87. The van der Waals surface area contributed by atoms with Gasteiger partial charge in [0.15, 0.2) is 0 Å². The predicted octanol–water partition coefficient (Wildman–Crippen LogP) is 4.22. The third-order valence-corrected chi connectivity index (χ3v) is 3.38. The Morgan fingerprint density at radius 3 is 2.38 bits per heavy atom. The highest BCUT2D eigenvalue weighted by Crippen LogP contribution is 2.29. The monoisotopic (exact) mass is 356 g/mol. The number of phenols is 1. The molecule has 0 aromatic heterocycles. The van der Waals surface area contributed by atoms with E-state index < -0.39 is 17.6 Å². The van der Waals surface area contributed by atoms with Gasteiger partial charge in [-0.25, -0.2) is 5.43 Å². The molecule has 0 atom stereocenters. The first-order valence-corrected chi connectivity index (χ1v) is 7.07. The molecule has 0 aliphatic rings. The van der Waals surface area contributed by atoms with Gasteiger partial charge in [-0.15, -0.1) is 0 Å². The molecule has 1 amide bonds. The van der Waals surface area contributed by atoms with Gasteiger partial charge in [-0.3, -0.25) is 4.79 Å². The predicted molar refractivity (Wildman–Crippen MR) is 84.2 cm³/mol. The fraction of sp³-hybridized carbons (Fsp3) is 0.125. The molecular formula is C16H12ClF3N2O2. The highest BCUT2D eigenvalue weighted by molar-refractivity contribution is 6.31. The van der Waals surface area contributed by atoms with E-state index in [9.17, 15) is 23.1 Å². The number of carbonyl (C=O) groups is 1. The fourth-order valence-corrected chi connectivity index (χ4v) is 2.04. The number of halogens is 4. The third kappa shape index (κ3) is 4.26. The lowest BCUT2D eigenvalue weighted by molar-refractivity contribution is -0.137. The maximum Gasteiger partial charge on any atom is 0.416 e. The number of phenolic OH excluding ortho intramolecular Hbond substituents is 1. The first kappa shape index (κ1) is 17.8. The van der Waals surface area contributed by atoms with Crippen molar-refractivity contribution in [3.63, 3.8) is 0 Å². The van der Waals surface area contributed by atoms with E-state index in [-0.39, 0.29) is 17.0 Å². The summed E-state index contributed by atoms with van der Waals surface area (Å²) in [6, 6.07) is 8.09. The highest BCUT2D eigenvalue weighted by Gasteiger charge is 2.30. The first-order valence-electron chi connectivity index (χ1n) is 6.69. The molecule has 24 heavy (non-hydrogen) atoms. The summed E-state index contributed by atoms with van der Waals surface area (Å²) >= 11 is 5.83. The molecule has 2 N–H and O–H groups in total. The zero-order valence-corrected chi connectivity index (χ0v) is 13.1. The van der Waals surface area contributed by atoms with Gasteiger partial charge in [0.1, 0.15) is 5.75 Å². The number of amides is 1. The van der Waals surface area contributed by atoms with E-state index in [1.165, 1.54) is 18.2 Å². The molecule has 2 rings (SSSR count). The lowest BCUT2D eigenvalue weighted by Gasteiger charge is -2.08. The number of hydrogen-bond donors (Lipinski definition) is 2. The van der Waals surface area contributed by atoms with Gasteiger partial charge in [0.25, 0.3) is 5.91 Å². The average molecular weight is 357 g/mol. The zero-order chi connectivity index (χ0) is 17.9. The van der Waals surface area contributed by atoms with Crippen molar-refractivity contribution in [1.29, 1.82) is 0 Å². The molecule has 0 saturated carbocycles. The van der Waals surface area contributed by atoms with Crippen LogP contribution in [-0.2, 0) is 6.18 Å². The lowest BCUT2D eigenvalue weighted by atomic mass is 10.1. The summed E-state index contributed by atoms with van der Waals surface area (Å²) in [7, 11) is 0. The largest absolute Gasteiger partial charge is 0.507 e. The summed E-state index contributed by atoms with van der Waals surface area (Å²) in [6.45, 7) is 1.54. The van der Waals surface area contributed by atoms with Crippen molar-refractivity contribution < 1.29 is 23.1 Å². The minimum absolute atomic E-state index is 0.0230. The molecule has 0 heterocycles. The van der Waals surface area contributed by atoms with E-state index in [1.54, 1.807) is 6.92 Å². The Labute approximate surface area is 140 Å². The molecule has 0 spiro atoms. The van der Waals surface area contributed by atoms with Crippen molar-refractivity contribution in [3.05, 3.63) is 64.2 Å². The van der Waals surface area contributed by atoms with E-state index in [4.69, 9.17) is 11.6 Å². The number of benzene rings is 2. The summed E-state index contributed by atoms with van der Waals surface area (Å²) < 4.78 is 37.4. The molecule has 8 heteroatoms. The Morgan fingerprint density at radius 1 is 1.17 bits per heavy atom. The van der Waals surface area contributed by atoms with Crippen molar-refractivity contribution in [3.8, 4) is 5.75 Å². The summed E-state index contributed by atoms with van der Waals surface area (Å²) in [5.41, 5.74) is 2.01. The molecule has 0 fully saturated rings. The topological polar surface area (TPSA) is 61.7 Å². The van der Waals surface area contributed by atoms with Gasteiger partial charge in [-0.05, 0) is 49.4 Å². The Kier molecular flexibility index (Phi) is 5.14. The number of nitrogens with one attached hydrogen (secondary N) is 1. The molecule has 2 aromatic rings. The minimum atomic E-state index is -4.46. The lowest BCUT2D eigenvalue weighted by Crippen LogP contribution is -2.19. The van der Waals surface area contributed by atoms with Crippen LogP contribution in [0.25, 0.3) is 0 Å². The van der Waals surface area contributed by atoms with Gasteiger partial charge in [-0.1, -0.05) is 11.6 Å². The number of alkyl halides is 3. The van der Waals surface area contributed by atoms with Gasteiger partial charge in [0.05, 0.1) is 11.3 Å². The van der Waals surface area contributed by atoms with Gasteiger partial charge < -0.3 is 5.11 Å². The maximum absolute atomic E-state index is 12.5. The van der Waals surface area contributed by atoms with Crippen LogP contribution in [0.4, 0.5) is 13.2 Å². The summed E-state index contributed by atoms with van der Waals surface area (Å²) in [6.07, 6.45) is -4.46. The number of hydrazone groups is 1. The second kappa shape index (κ2) is 6.92. The van der Waals surface area contributed by atoms with E-state index >= 15 is 0 Å². The van der Waals surface area contributed by atoms with Crippen molar-refractivity contribution in [2.75, 3.05) is 0 Å². The Hall–Kier alpha value is -2.54. The van der Waals surface area contributed by atoms with Crippen molar-refractivity contribution >= 4 is 23.2 Å². The highest BCUT2D eigenvalue weighted by atomic mass is 35.5. The van der Waals surface area contributed by atoms with Crippen molar-refractivity contribution in [2.45, 2.75) is 13.1 Å². The third-order valence-electron chi connectivity index (χ3n) is 3.15. The van der Waals surface area contributed by atoms with E-state index in [0.717, 1.165) is 24.3 Å². The van der Waals surface area contributed by atoms with Crippen LogP contribution in [0, 0.1) is 0 Å². The molecular weight excluding hydrogens is 345 g/mol. The minimum Gasteiger partial charge on any atom is -0.507 e. The van der Waals surface area contributed by atoms with Crippen LogP contribution in [0.3, 0.4) is 0 Å². The van der Waals surface area contributed by atoms with E-state index in [0.29, 0.717) is 10.6 Å². The van der Waals surface area contributed by atoms with Crippen LogP contribution < -0.4 is 5.43 Å². The number of rotatable bonds is 3. The Bertz CT molecular complexity index is 787. The van der Waals surface area contributed by atoms with Gasteiger partial charge in [-0.2, -0.15) is 18.3 Å². The molecule has 126 valence electrons. The molecule has 4 nitrogen and oxygen atoms in total. The first-order chi connectivity index (χ1) is 11.2. The smallest absolute Gasteiger partial charge is 0.416 e. The molecule has 2 aromatic carbocycles. The molecule has 0 aliphatic carbocycles. The second-order valence-electron chi connectivity index (χ2n) is 4.87. The van der Waals surface area contributed by atoms with E-state index in [1.807, 2.05) is 0 Å². The van der Waals surface area contributed by atoms with Gasteiger partial charge in [0.2, 0.25) is 0 Å². The number of carbonyl (C=O) groups excluding carboxylic acids is 1. The molecule has 0 aliphatic heterocycles. The summed E-state index contributed by atoms with van der Waals surface area (Å²) in [5.74, 6) is -0.742. The van der Waals surface area contributed by atoms with Crippen LogP contribution in [-0.4, -0.2) is 16.7 Å². The molecule has 0 bridgehead atoms. The normalized spacial score (nSPS) is 12.1. The van der Waals surface area contributed by atoms with Crippen molar-refractivity contribution in [1.82, 2.24) is 5.43 Å². The summed E-state index contributed by atoms with van der Waals surface area (Å²) in [5, 5.41) is 13.9. The summed E-state index contributed by atoms with van der Waals surface area (Å²) in [4.78, 5) is 11.9. The number of nitrogens with zero attached hydrogens (tertiary/aromatic N) is 1. The molecule has 0 unspecified atom stereocenters. The molecule has 0 radical (unpaired) electrons. The van der Waals surface area contributed by atoms with Crippen LogP contribution in [0.2, 0.25) is 5.02 Å². The standard InChI is InChI=1S/C16H12ClF3N2O2/c1-9(13-8-12(17)6-7-14(13)23)21-22-15(24)10-2-4-11(5-3-10)16(18,19)20/h2-8,23H,1H3,(H,22,24)/b21-9+. The van der Waals surface area contributed by atoms with Crippen molar-refractivity contribution in [2.24, 2.45) is 5.10 Å². The molecule has 0 saturated heterocycles. The zero-order valence-electron chi connectivity index (χ0n) is 12.4. The van der Waals surface area contributed by atoms with Gasteiger partial charge in [0, 0.05) is 16.1 Å². The number of aromatic hydroxyl groups is 1. The van der Waals surface area contributed by atoms with E-state index in [2.05, 4.69) is 10.5 Å². The Balaban J connectivity index is 2.13. The Morgan fingerprint density at radius 2 is 1.79 bits per heavy atom. The van der Waals surface area contributed by atoms with Gasteiger partial charge >= 0.3 is 6.18 Å². The average Bonchev–Trinajstić information content (AvgIpc) is 2.53. The van der Waals surface area contributed by atoms with Crippen LogP contribution in [0.15, 0.2) is 47.6 Å². The van der Waals surface area contributed by atoms with Crippen LogP contribution in [0.5, 0.6) is 5.75 Å². The maximum atomic E-state index is 12.5.